The van der Waals surface area contributed by atoms with Crippen LogP contribution < -0.4 is 9.80 Å². The largest absolute Gasteiger partial charge is 0.416 e. The molecule has 0 spiro atoms. The molecule has 4 aromatic rings. The van der Waals surface area contributed by atoms with E-state index in [9.17, 15) is 18.0 Å². The number of fused-ring (bicyclic) bond motifs is 2. The first-order chi connectivity index (χ1) is 17.4. The number of hydrogen-bond donors (Lipinski definition) is 0. The maximum atomic E-state index is 13.5. The second-order valence-electron chi connectivity index (χ2n) is 9.97. The topological polar surface area (TPSA) is 49.3 Å². The molecule has 37 heavy (non-hydrogen) atoms. The third kappa shape index (κ3) is 4.10. The molecular weight excluding hydrogens is 477 g/mol. The quantitative estimate of drug-likeness (QED) is 0.297. The Morgan fingerprint density at radius 3 is 2.35 bits per heavy atom. The number of aromatic nitrogens is 2. The fourth-order valence-electron chi connectivity index (χ4n) is 5.11. The van der Waals surface area contributed by atoms with Crippen LogP contribution in [0.1, 0.15) is 49.3 Å². The standard InChI is InChI=1S/C29H27F3N4O/c1-17(19-10-9-11-20(14-19)29(30,31)32)36(21-12-7-6-8-13-21)26-22-15-25-23(16-24(22)33-18(2)34-26)28(3,4)27(37)35(25)5/h6-17H,1-5H3. The fourth-order valence-corrected chi connectivity index (χ4v) is 5.11. The van der Waals surface area contributed by atoms with Crippen LogP contribution in [0.4, 0.5) is 30.4 Å². The monoisotopic (exact) mass is 504 g/mol. The molecule has 5 rings (SSSR count). The van der Waals surface area contributed by atoms with E-state index in [1.165, 1.54) is 12.1 Å². The van der Waals surface area contributed by atoms with Crippen molar-refractivity contribution in [1.29, 1.82) is 0 Å². The second kappa shape index (κ2) is 8.57. The molecule has 1 atom stereocenters. The number of anilines is 3. The summed E-state index contributed by atoms with van der Waals surface area (Å²) in [4.78, 5) is 26.0. The van der Waals surface area contributed by atoms with Gasteiger partial charge in [-0.3, -0.25) is 4.79 Å². The van der Waals surface area contributed by atoms with E-state index < -0.39 is 23.2 Å². The summed E-state index contributed by atoms with van der Waals surface area (Å²) in [6.07, 6.45) is -4.45. The molecule has 0 radical (unpaired) electrons. The molecule has 1 aliphatic rings. The van der Waals surface area contributed by atoms with Crippen molar-refractivity contribution in [1.82, 2.24) is 9.97 Å². The summed E-state index contributed by atoms with van der Waals surface area (Å²) in [5.41, 5.74) is 2.21. The van der Waals surface area contributed by atoms with Crippen molar-refractivity contribution in [3.8, 4) is 0 Å². The molecule has 0 saturated heterocycles. The smallest absolute Gasteiger partial charge is 0.319 e. The van der Waals surface area contributed by atoms with Gasteiger partial charge in [0.25, 0.3) is 0 Å². The Kier molecular flexibility index (Phi) is 5.73. The van der Waals surface area contributed by atoms with Gasteiger partial charge in [0.05, 0.1) is 22.5 Å². The number of aryl methyl sites for hydroxylation is 1. The Hall–Kier alpha value is -3.94. The van der Waals surface area contributed by atoms with E-state index in [0.717, 1.165) is 23.0 Å². The normalized spacial score (nSPS) is 15.7. The molecule has 1 amide bonds. The predicted octanol–water partition coefficient (Wildman–Crippen LogP) is 7.11. The van der Waals surface area contributed by atoms with E-state index >= 15 is 0 Å². The highest BCUT2D eigenvalue weighted by molar-refractivity contribution is 6.10. The zero-order chi connectivity index (χ0) is 26.7. The SMILES string of the molecule is Cc1nc(N(c2ccccc2)C(C)c2cccc(C(F)(F)F)c2)c2cc3c(cc2n1)C(C)(C)C(=O)N3C. The summed E-state index contributed by atoms with van der Waals surface area (Å²) in [5, 5.41) is 0.712. The van der Waals surface area contributed by atoms with Crippen LogP contribution in [0, 0.1) is 6.92 Å². The van der Waals surface area contributed by atoms with Crippen LogP contribution >= 0.6 is 0 Å². The molecular formula is C29H27F3N4O. The van der Waals surface area contributed by atoms with Crippen LogP contribution in [0.15, 0.2) is 66.7 Å². The van der Waals surface area contributed by atoms with E-state index in [4.69, 9.17) is 4.98 Å². The Bertz CT molecular complexity index is 1520. The molecule has 0 saturated carbocycles. The molecule has 0 bridgehead atoms. The van der Waals surface area contributed by atoms with Crippen molar-refractivity contribution in [2.45, 2.75) is 45.3 Å². The number of para-hydroxylation sites is 1. The average Bonchev–Trinajstić information content (AvgIpc) is 3.02. The van der Waals surface area contributed by atoms with Crippen molar-refractivity contribution in [3.05, 3.63) is 89.2 Å². The number of rotatable bonds is 4. The molecule has 1 unspecified atom stereocenters. The summed E-state index contributed by atoms with van der Waals surface area (Å²) in [6, 6.07) is 18.2. The van der Waals surface area contributed by atoms with E-state index in [0.29, 0.717) is 28.1 Å². The minimum absolute atomic E-state index is 0.0127. The van der Waals surface area contributed by atoms with Gasteiger partial charge in [0, 0.05) is 23.8 Å². The van der Waals surface area contributed by atoms with Gasteiger partial charge in [-0.15, -0.1) is 0 Å². The number of alkyl halides is 3. The molecule has 5 nitrogen and oxygen atoms in total. The lowest BCUT2D eigenvalue weighted by molar-refractivity contribution is -0.137. The van der Waals surface area contributed by atoms with Gasteiger partial charge in [0.2, 0.25) is 5.91 Å². The summed E-state index contributed by atoms with van der Waals surface area (Å²) < 4.78 is 40.6. The highest BCUT2D eigenvalue weighted by Gasteiger charge is 2.43. The first-order valence-corrected chi connectivity index (χ1v) is 12.0. The summed E-state index contributed by atoms with van der Waals surface area (Å²) >= 11 is 0. The number of likely N-dealkylation sites (N-methyl/N-ethyl adjacent to an activating group) is 1. The number of benzene rings is 3. The van der Waals surface area contributed by atoms with Crippen LogP contribution in [0.25, 0.3) is 10.9 Å². The molecule has 2 heterocycles. The number of hydrogen-bond acceptors (Lipinski definition) is 4. The summed E-state index contributed by atoms with van der Waals surface area (Å²) in [5.74, 6) is 1.07. The van der Waals surface area contributed by atoms with Crippen LogP contribution in [0.3, 0.4) is 0 Å². The van der Waals surface area contributed by atoms with Gasteiger partial charge in [-0.2, -0.15) is 13.2 Å². The van der Waals surface area contributed by atoms with Gasteiger partial charge < -0.3 is 9.80 Å². The Labute approximate surface area is 213 Å². The number of nitrogens with zero attached hydrogens (tertiary/aromatic N) is 4. The highest BCUT2D eigenvalue weighted by atomic mass is 19.4. The third-order valence-corrected chi connectivity index (χ3v) is 7.13. The molecule has 190 valence electrons. The van der Waals surface area contributed by atoms with E-state index in [2.05, 4.69) is 4.98 Å². The van der Waals surface area contributed by atoms with Gasteiger partial charge in [0.1, 0.15) is 11.6 Å². The lowest BCUT2D eigenvalue weighted by Crippen LogP contribution is -2.33. The predicted molar refractivity (Wildman–Crippen MR) is 139 cm³/mol. The Balaban J connectivity index is 1.76. The maximum Gasteiger partial charge on any atom is 0.416 e. The van der Waals surface area contributed by atoms with Crippen LogP contribution in [0.2, 0.25) is 0 Å². The van der Waals surface area contributed by atoms with Crippen molar-refractivity contribution < 1.29 is 18.0 Å². The maximum absolute atomic E-state index is 13.5. The molecule has 1 aromatic heterocycles. The van der Waals surface area contributed by atoms with E-state index in [1.807, 2.05) is 68.1 Å². The third-order valence-electron chi connectivity index (χ3n) is 7.13. The molecule has 0 N–H and O–H groups in total. The Morgan fingerprint density at radius 1 is 0.973 bits per heavy atom. The van der Waals surface area contributed by atoms with Gasteiger partial charge in [0.15, 0.2) is 0 Å². The molecule has 8 heteroatoms. The van der Waals surface area contributed by atoms with Gasteiger partial charge in [-0.25, -0.2) is 9.97 Å². The number of carbonyl (C=O) groups excluding carboxylic acids is 1. The number of amides is 1. The minimum atomic E-state index is -4.45. The summed E-state index contributed by atoms with van der Waals surface area (Å²) in [7, 11) is 1.75. The Morgan fingerprint density at radius 2 is 1.68 bits per heavy atom. The van der Waals surface area contributed by atoms with E-state index in [1.54, 1.807) is 24.9 Å². The first kappa shape index (κ1) is 24.7. The molecule has 3 aromatic carbocycles. The van der Waals surface area contributed by atoms with Crippen molar-refractivity contribution in [2.24, 2.45) is 0 Å². The summed E-state index contributed by atoms with van der Waals surface area (Å²) in [6.45, 7) is 7.43. The van der Waals surface area contributed by atoms with Crippen molar-refractivity contribution >= 4 is 34.0 Å². The first-order valence-electron chi connectivity index (χ1n) is 12.0. The minimum Gasteiger partial charge on any atom is -0.319 e. The lowest BCUT2D eigenvalue weighted by Gasteiger charge is -2.32. The lowest BCUT2D eigenvalue weighted by atomic mass is 9.85. The number of carbonyl (C=O) groups is 1. The van der Waals surface area contributed by atoms with Gasteiger partial charge in [-0.1, -0.05) is 30.3 Å². The zero-order valence-corrected chi connectivity index (χ0v) is 21.3. The van der Waals surface area contributed by atoms with Crippen LogP contribution in [-0.2, 0) is 16.4 Å². The van der Waals surface area contributed by atoms with Crippen molar-refractivity contribution in [2.75, 3.05) is 16.8 Å². The second-order valence-corrected chi connectivity index (χ2v) is 9.97. The molecule has 0 aliphatic carbocycles. The fraction of sp³-hybridized carbons (Fsp3) is 0.276. The zero-order valence-electron chi connectivity index (χ0n) is 21.3. The van der Waals surface area contributed by atoms with Gasteiger partial charge >= 0.3 is 6.18 Å². The van der Waals surface area contributed by atoms with Crippen LogP contribution in [-0.4, -0.2) is 22.9 Å². The van der Waals surface area contributed by atoms with E-state index in [-0.39, 0.29) is 5.91 Å². The number of halogens is 3. The van der Waals surface area contributed by atoms with Crippen molar-refractivity contribution in [3.63, 3.8) is 0 Å². The van der Waals surface area contributed by atoms with Crippen LogP contribution in [0.5, 0.6) is 0 Å². The molecule has 0 fully saturated rings. The highest BCUT2D eigenvalue weighted by Crippen LogP contribution is 2.45. The van der Waals surface area contributed by atoms with Gasteiger partial charge in [-0.05, 0) is 75.2 Å². The average molecular weight is 505 g/mol. The molecule has 1 aliphatic heterocycles.